The maximum atomic E-state index is 3.96. The van der Waals surface area contributed by atoms with Gasteiger partial charge in [0.2, 0.25) is 0 Å². The molecule has 1 radical (unpaired) electrons. The molecule has 0 amide bonds. The largest absolute Gasteiger partial charge is 0.454 e. The zero-order valence-corrected chi connectivity index (χ0v) is 8.27. The molecule has 0 aliphatic carbocycles. The number of nitrogens with zero attached hydrogens (tertiary/aromatic N) is 5. The second-order valence-electron chi connectivity index (χ2n) is 1.84. The van der Waals surface area contributed by atoms with Crippen molar-refractivity contribution in [2.24, 2.45) is 0 Å². The Hall–Kier alpha value is -1.13. The molecule has 6 heteroatoms. The van der Waals surface area contributed by atoms with Gasteiger partial charge in [-0.05, 0) is 6.20 Å². The third-order valence-corrected chi connectivity index (χ3v) is 1.14. The smallest absolute Gasteiger partial charge is 0.0815 e. The predicted octanol–water partition coefficient (Wildman–Crippen LogP) is -0.145. The third-order valence-electron chi connectivity index (χ3n) is 1.14. The van der Waals surface area contributed by atoms with Gasteiger partial charge in [0.25, 0.3) is 0 Å². The minimum atomic E-state index is 0. The maximum Gasteiger partial charge on any atom is 0.0815 e. The molecule has 2 rings (SSSR count). The van der Waals surface area contributed by atoms with Crippen molar-refractivity contribution < 1.29 is 20.1 Å². The van der Waals surface area contributed by atoms with Crippen LogP contribution in [0.25, 0.3) is 5.82 Å². The molecule has 0 spiro atoms. The van der Waals surface area contributed by atoms with Gasteiger partial charge >= 0.3 is 0 Å². The Bertz CT molecular complexity index is 319. The fourth-order valence-electron chi connectivity index (χ4n) is 0.693. The van der Waals surface area contributed by atoms with Crippen molar-refractivity contribution >= 4 is 0 Å². The van der Waals surface area contributed by atoms with Crippen molar-refractivity contribution in [3.8, 4) is 5.82 Å². The fraction of sp³-hybridized carbons (Fsp3) is 0. The molecule has 0 bridgehead atoms. The van der Waals surface area contributed by atoms with Crippen LogP contribution in [0.1, 0.15) is 0 Å². The van der Waals surface area contributed by atoms with Crippen molar-refractivity contribution in [2.45, 2.75) is 0 Å². The molecule has 2 aromatic rings. The molecule has 2 aromatic heterocycles. The number of hydrogen-bond acceptors (Lipinski definition) is 4. The van der Waals surface area contributed by atoms with Crippen molar-refractivity contribution in [3.05, 3.63) is 31.0 Å². The number of aromatic nitrogens is 5. The van der Waals surface area contributed by atoms with E-state index in [0.717, 1.165) is 0 Å². The maximum absolute atomic E-state index is 3.96. The first-order valence-electron chi connectivity index (χ1n) is 3.02. The standard InChI is InChI=1S/C6H4N5.Ir/c1-2-8-6(5-7-1)11-4-3-9-10-11;/h1-4H;/q-1;. The molecule has 2 heterocycles. The van der Waals surface area contributed by atoms with Gasteiger partial charge in [-0.15, -0.1) is 17.5 Å². The number of hydrogen-bond donors (Lipinski definition) is 0. The zero-order valence-electron chi connectivity index (χ0n) is 5.88. The monoisotopic (exact) mass is 339 g/mol. The summed E-state index contributed by atoms with van der Waals surface area (Å²) < 4.78 is 1.49. The van der Waals surface area contributed by atoms with Gasteiger partial charge < -0.3 is 4.98 Å². The number of rotatable bonds is 1. The van der Waals surface area contributed by atoms with Crippen LogP contribution >= 0.6 is 0 Å². The third kappa shape index (κ3) is 1.72. The van der Waals surface area contributed by atoms with Gasteiger partial charge in [-0.1, -0.05) is 5.21 Å². The van der Waals surface area contributed by atoms with Crippen molar-refractivity contribution in [3.63, 3.8) is 0 Å². The topological polar surface area (TPSA) is 56.5 Å². The van der Waals surface area contributed by atoms with E-state index >= 15 is 0 Å². The van der Waals surface area contributed by atoms with Gasteiger partial charge in [0.05, 0.1) is 18.2 Å². The minimum absolute atomic E-state index is 0. The second kappa shape index (κ2) is 4.04. The molecular weight excluding hydrogens is 334 g/mol. The molecule has 0 aliphatic rings. The van der Waals surface area contributed by atoms with Gasteiger partial charge in [-0.25, -0.2) is 4.68 Å². The van der Waals surface area contributed by atoms with E-state index < -0.39 is 0 Å². The first-order valence-corrected chi connectivity index (χ1v) is 3.02. The molecule has 0 N–H and O–H groups in total. The van der Waals surface area contributed by atoms with Crippen LogP contribution in [0.15, 0.2) is 24.8 Å². The van der Waals surface area contributed by atoms with E-state index in [0.29, 0.717) is 5.82 Å². The summed E-state index contributed by atoms with van der Waals surface area (Å²) in [6, 6.07) is 0. The second-order valence-corrected chi connectivity index (χ2v) is 1.84. The van der Waals surface area contributed by atoms with E-state index in [1.807, 2.05) is 0 Å². The molecule has 5 nitrogen and oxygen atoms in total. The summed E-state index contributed by atoms with van der Waals surface area (Å²) in [6.07, 6.45) is 9.06. The Kier molecular flexibility index (Phi) is 3.01. The van der Waals surface area contributed by atoms with Gasteiger partial charge in [-0.3, -0.25) is 4.98 Å². The Balaban J connectivity index is 0.000000720. The molecule has 0 unspecified atom stereocenters. The van der Waals surface area contributed by atoms with Gasteiger partial charge in [0, 0.05) is 20.1 Å². The first kappa shape index (κ1) is 8.96. The summed E-state index contributed by atoms with van der Waals surface area (Å²) in [4.78, 5) is 7.73. The quantitative estimate of drug-likeness (QED) is 0.679. The molecule has 0 atom stereocenters. The van der Waals surface area contributed by atoms with E-state index in [1.54, 1.807) is 24.8 Å². The molecule has 63 valence electrons. The van der Waals surface area contributed by atoms with Crippen LogP contribution < -0.4 is 0 Å². The normalized spacial score (nSPS) is 9.00. The fourth-order valence-corrected chi connectivity index (χ4v) is 0.693. The van der Waals surface area contributed by atoms with Crippen LogP contribution in [-0.4, -0.2) is 25.0 Å². The van der Waals surface area contributed by atoms with Gasteiger partial charge in [0.15, 0.2) is 0 Å². The van der Waals surface area contributed by atoms with Crippen LogP contribution in [0.4, 0.5) is 0 Å². The summed E-state index contributed by atoms with van der Waals surface area (Å²) in [5.74, 6) is 0.546. The summed E-state index contributed by atoms with van der Waals surface area (Å²) in [5.41, 5.74) is 0. The first-order chi connectivity index (χ1) is 5.47. The molecule has 0 aliphatic heterocycles. The van der Waals surface area contributed by atoms with Crippen LogP contribution in [0.3, 0.4) is 0 Å². The molecular formula is C6H4IrN5-. The summed E-state index contributed by atoms with van der Waals surface area (Å²) in [5, 5.41) is 7.34. The average molecular weight is 338 g/mol. The molecule has 0 saturated heterocycles. The average Bonchev–Trinajstić information content (AvgIpc) is 2.58. The van der Waals surface area contributed by atoms with Crippen molar-refractivity contribution in [1.82, 2.24) is 25.0 Å². The Labute approximate surface area is 82.2 Å². The molecule has 0 saturated carbocycles. The van der Waals surface area contributed by atoms with Gasteiger partial charge in [-0.2, -0.15) is 0 Å². The van der Waals surface area contributed by atoms with E-state index in [2.05, 4.69) is 26.5 Å². The molecule has 0 fully saturated rings. The minimum Gasteiger partial charge on any atom is -0.454 e. The molecule has 12 heavy (non-hydrogen) atoms. The van der Waals surface area contributed by atoms with E-state index in [9.17, 15) is 0 Å². The van der Waals surface area contributed by atoms with Crippen molar-refractivity contribution in [1.29, 1.82) is 0 Å². The van der Waals surface area contributed by atoms with Crippen LogP contribution in [0, 0.1) is 6.20 Å². The van der Waals surface area contributed by atoms with E-state index in [1.165, 1.54) is 4.68 Å². The summed E-state index contributed by atoms with van der Waals surface area (Å²) >= 11 is 0. The van der Waals surface area contributed by atoms with E-state index in [4.69, 9.17) is 0 Å². The Morgan fingerprint density at radius 2 is 2.17 bits per heavy atom. The zero-order chi connectivity index (χ0) is 7.52. The van der Waals surface area contributed by atoms with E-state index in [-0.39, 0.29) is 20.1 Å². The Morgan fingerprint density at radius 3 is 2.75 bits per heavy atom. The Morgan fingerprint density at radius 1 is 1.25 bits per heavy atom. The van der Waals surface area contributed by atoms with Crippen LogP contribution in [0.5, 0.6) is 0 Å². The SMILES string of the molecule is [Ir].[c-]1nccnc1-n1ccnn1. The van der Waals surface area contributed by atoms with Crippen molar-refractivity contribution in [2.75, 3.05) is 0 Å². The molecule has 0 aromatic carbocycles. The van der Waals surface area contributed by atoms with Crippen LogP contribution in [0.2, 0.25) is 0 Å². The van der Waals surface area contributed by atoms with Crippen LogP contribution in [-0.2, 0) is 20.1 Å². The summed E-state index contributed by atoms with van der Waals surface area (Å²) in [6.45, 7) is 0. The van der Waals surface area contributed by atoms with Gasteiger partial charge in [0.1, 0.15) is 0 Å². The summed E-state index contributed by atoms with van der Waals surface area (Å²) in [7, 11) is 0. The predicted molar refractivity (Wildman–Crippen MR) is 35.8 cm³/mol.